The normalized spacial score (nSPS) is 14.8. The molecule has 0 aliphatic heterocycles. The SMILES string of the molecule is CCCC(c1ccc(OC(C)OCCO)cc1)C(C)(C)C. The minimum absolute atomic E-state index is 0.0108. The highest BCUT2D eigenvalue weighted by molar-refractivity contribution is 5.30. The molecule has 0 aliphatic carbocycles. The third-order valence-corrected chi connectivity index (χ3v) is 3.65. The molecule has 2 atom stereocenters. The van der Waals surface area contributed by atoms with Crippen LogP contribution >= 0.6 is 0 Å². The first-order valence-electron chi connectivity index (χ1n) is 7.87. The lowest BCUT2D eigenvalue weighted by Gasteiger charge is -2.31. The predicted molar refractivity (Wildman–Crippen MR) is 86.7 cm³/mol. The first-order valence-corrected chi connectivity index (χ1v) is 7.87. The maximum Gasteiger partial charge on any atom is 0.197 e. The summed E-state index contributed by atoms with van der Waals surface area (Å²) in [7, 11) is 0. The fourth-order valence-electron chi connectivity index (χ4n) is 2.61. The average Bonchev–Trinajstić information content (AvgIpc) is 2.42. The smallest absolute Gasteiger partial charge is 0.197 e. The first kappa shape index (κ1) is 18.0. The zero-order valence-electron chi connectivity index (χ0n) is 14.1. The zero-order chi connectivity index (χ0) is 15.9. The maximum absolute atomic E-state index is 8.72. The topological polar surface area (TPSA) is 38.7 Å². The van der Waals surface area contributed by atoms with Crippen LogP contribution in [0.3, 0.4) is 0 Å². The van der Waals surface area contributed by atoms with Crippen LogP contribution < -0.4 is 4.74 Å². The van der Waals surface area contributed by atoms with E-state index >= 15 is 0 Å². The van der Waals surface area contributed by atoms with Crippen molar-refractivity contribution in [1.29, 1.82) is 0 Å². The van der Waals surface area contributed by atoms with Crippen molar-refractivity contribution in [3.63, 3.8) is 0 Å². The van der Waals surface area contributed by atoms with Crippen LogP contribution in [0, 0.1) is 5.41 Å². The number of aliphatic hydroxyl groups is 1. The number of hydrogen-bond donors (Lipinski definition) is 1. The van der Waals surface area contributed by atoms with E-state index in [1.165, 1.54) is 18.4 Å². The van der Waals surface area contributed by atoms with Gasteiger partial charge in [0.2, 0.25) is 0 Å². The second-order valence-corrected chi connectivity index (χ2v) is 6.56. The Bertz CT molecular complexity index is 392. The molecule has 0 amide bonds. The molecule has 0 aliphatic rings. The van der Waals surface area contributed by atoms with Crippen LogP contribution in [0.25, 0.3) is 0 Å². The Morgan fingerprint density at radius 1 is 1.14 bits per heavy atom. The molecular weight excluding hydrogens is 264 g/mol. The Kier molecular flexibility index (Phi) is 7.20. The Labute approximate surface area is 129 Å². The molecule has 3 heteroatoms. The highest BCUT2D eigenvalue weighted by Gasteiger charge is 2.25. The van der Waals surface area contributed by atoms with Crippen LogP contribution in [-0.2, 0) is 4.74 Å². The van der Waals surface area contributed by atoms with Crippen molar-refractivity contribution in [2.24, 2.45) is 5.41 Å². The summed E-state index contributed by atoms with van der Waals surface area (Å²) >= 11 is 0. The summed E-state index contributed by atoms with van der Waals surface area (Å²) in [5.41, 5.74) is 1.62. The summed E-state index contributed by atoms with van der Waals surface area (Å²) in [6.45, 7) is 11.3. The highest BCUT2D eigenvalue weighted by Crippen LogP contribution is 2.38. The van der Waals surface area contributed by atoms with Gasteiger partial charge in [0.05, 0.1) is 13.2 Å². The van der Waals surface area contributed by atoms with E-state index in [2.05, 4.69) is 39.8 Å². The van der Waals surface area contributed by atoms with E-state index in [4.69, 9.17) is 14.6 Å². The van der Waals surface area contributed by atoms with Crippen molar-refractivity contribution in [3.8, 4) is 5.75 Å². The summed E-state index contributed by atoms with van der Waals surface area (Å²) in [5, 5.41) is 8.72. The molecule has 120 valence electrons. The van der Waals surface area contributed by atoms with Crippen LogP contribution in [0.2, 0.25) is 0 Å². The molecule has 1 aromatic carbocycles. The van der Waals surface area contributed by atoms with Gasteiger partial charge in [0.25, 0.3) is 0 Å². The van der Waals surface area contributed by atoms with Gasteiger partial charge in [0, 0.05) is 0 Å². The van der Waals surface area contributed by atoms with Gasteiger partial charge in [-0.1, -0.05) is 46.2 Å². The average molecular weight is 294 g/mol. The fourth-order valence-corrected chi connectivity index (χ4v) is 2.61. The van der Waals surface area contributed by atoms with E-state index in [1.807, 2.05) is 19.1 Å². The second-order valence-electron chi connectivity index (χ2n) is 6.56. The van der Waals surface area contributed by atoms with Crippen LogP contribution in [0.15, 0.2) is 24.3 Å². The largest absolute Gasteiger partial charge is 0.465 e. The summed E-state index contributed by atoms with van der Waals surface area (Å²) < 4.78 is 11.0. The van der Waals surface area contributed by atoms with Crippen molar-refractivity contribution in [2.75, 3.05) is 13.2 Å². The van der Waals surface area contributed by atoms with E-state index in [1.54, 1.807) is 0 Å². The molecule has 0 saturated heterocycles. The second kappa shape index (κ2) is 8.40. The molecule has 0 fully saturated rings. The van der Waals surface area contributed by atoms with Crippen LogP contribution in [0.1, 0.15) is 58.9 Å². The van der Waals surface area contributed by atoms with Crippen molar-refractivity contribution in [2.45, 2.75) is 59.7 Å². The molecule has 2 unspecified atom stereocenters. The van der Waals surface area contributed by atoms with Crippen molar-refractivity contribution in [1.82, 2.24) is 0 Å². The Hall–Kier alpha value is -1.06. The molecular formula is C18H30O3. The molecule has 3 nitrogen and oxygen atoms in total. The molecule has 21 heavy (non-hydrogen) atoms. The van der Waals surface area contributed by atoms with Gasteiger partial charge in [-0.25, -0.2) is 0 Å². The Morgan fingerprint density at radius 2 is 1.76 bits per heavy atom. The zero-order valence-corrected chi connectivity index (χ0v) is 14.1. The van der Waals surface area contributed by atoms with Crippen LogP contribution in [-0.4, -0.2) is 24.6 Å². The number of aliphatic hydroxyl groups excluding tert-OH is 1. The van der Waals surface area contributed by atoms with E-state index in [0.717, 1.165) is 5.75 Å². The van der Waals surface area contributed by atoms with Gasteiger partial charge in [-0.05, 0) is 42.4 Å². The lowest BCUT2D eigenvalue weighted by molar-refractivity contribution is -0.0760. The molecule has 0 radical (unpaired) electrons. The minimum Gasteiger partial charge on any atom is -0.465 e. The molecule has 0 heterocycles. The van der Waals surface area contributed by atoms with Gasteiger partial charge in [-0.3, -0.25) is 0 Å². The summed E-state index contributed by atoms with van der Waals surface area (Å²) in [6, 6.07) is 8.31. The molecule has 0 aromatic heterocycles. The predicted octanol–water partition coefficient (Wildman–Crippen LogP) is 4.35. The molecule has 1 aromatic rings. The molecule has 1 rings (SSSR count). The van der Waals surface area contributed by atoms with Crippen LogP contribution in [0.4, 0.5) is 0 Å². The summed E-state index contributed by atoms with van der Waals surface area (Å²) in [4.78, 5) is 0. The van der Waals surface area contributed by atoms with Gasteiger partial charge in [0.15, 0.2) is 6.29 Å². The molecule has 1 N–H and O–H groups in total. The lowest BCUT2D eigenvalue weighted by atomic mass is 9.74. The molecule has 0 bridgehead atoms. The molecule has 0 spiro atoms. The molecule has 0 saturated carbocycles. The fraction of sp³-hybridized carbons (Fsp3) is 0.667. The first-order chi connectivity index (χ1) is 9.88. The Morgan fingerprint density at radius 3 is 2.24 bits per heavy atom. The van der Waals surface area contributed by atoms with E-state index in [9.17, 15) is 0 Å². The third kappa shape index (κ3) is 6.06. The minimum atomic E-state index is -0.350. The van der Waals surface area contributed by atoms with Crippen molar-refractivity contribution >= 4 is 0 Å². The van der Waals surface area contributed by atoms with Crippen LogP contribution in [0.5, 0.6) is 5.75 Å². The summed E-state index contributed by atoms with van der Waals surface area (Å²) in [6.07, 6.45) is 2.03. The number of ether oxygens (including phenoxy) is 2. The van der Waals surface area contributed by atoms with Gasteiger partial charge in [-0.15, -0.1) is 0 Å². The highest BCUT2D eigenvalue weighted by atomic mass is 16.7. The lowest BCUT2D eigenvalue weighted by Crippen LogP contribution is -2.19. The van der Waals surface area contributed by atoms with Gasteiger partial charge in [-0.2, -0.15) is 0 Å². The third-order valence-electron chi connectivity index (χ3n) is 3.65. The van der Waals surface area contributed by atoms with Crippen molar-refractivity contribution in [3.05, 3.63) is 29.8 Å². The van der Waals surface area contributed by atoms with Gasteiger partial charge in [0.1, 0.15) is 5.75 Å². The van der Waals surface area contributed by atoms with Gasteiger partial charge < -0.3 is 14.6 Å². The van der Waals surface area contributed by atoms with E-state index in [0.29, 0.717) is 12.5 Å². The van der Waals surface area contributed by atoms with E-state index < -0.39 is 0 Å². The van der Waals surface area contributed by atoms with Crippen molar-refractivity contribution < 1.29 is 14.6 Å². The monoisotopic (exact) mass is 294 g/mol. The standard InChI is InChI=1S/C18H30O3/c1-6-7-17(18(3,4)5)15-8-10-16(11-9-15)21-14(2)20-13-12-19/h8-11,14,17,19H,6-7,12-13H2,1-5H3. The maximum atomic E-state index is 8.72. The van der Waals surface area contributed by atoms with E-state index in [-0.39, 0.29) is 18.3 Å². The summed E-state index contributed by atoms with van der Waals surface area (Å²) in [5.74, 6) is 1.35. The number of hydrogen-bond acceptors (Lipinski definition) is 3. The quantitative estimate of drug-likeness (QED) is 0.724. The van der Waals surface area contributed by atoms with Gasteiger partial charge >= 0.3 is 0 Å². The Balaban J connectivity index is 2.71. The number of benzene rings is 1. The number of rotatable bonds is 8.